The van der Waals surface area contributed by atoms with Crippen LogP contribution in [0.15, 0.2) is 0 Å². The summed E-state index contributed by atoms with van der Waals surface area (Å²) in [6.07, 6.45) is 5.87. The second-order valence-corrected chi connectivity index (χ2v) is 5.12. The first-order valence-electron chi connectivity index (χ1n) is 6.59. The van der Waals surface area contributed by atoms with Gasteiger partial charge in [0.2, 0.25) is 5.91 Å². The van der Waals surface area contributed by atoms with Gasteiger partial charge in [-0.2, -0.15) is 0 Å². The van der Waals surface area contributed by atoms with Gasteiger partial charge in [-0.3, -0.25) is 4.79 Å². The molecule has 94 valence electrons. The van der Waals surface area contributed by atoms with E-state index in [-0.39, 0.29) is 17.9 Å². The highest BCUT2D eigenvalue weighted by molar-refractivity contribution is 5.78. The van der Waals surface area contributed by atoms with E-state index in [1.807, 2.05) is 6.92 Å². The van der Waals surface area contributed by atoms with Crippen LogP contribution in [0.25, 0.3) is 0 Å². The van der Waals surface area contributed by atoms with Crippen molar-refractivity contribution in [3.05, 3.63) is 0 Å². The minimum absolute atomic E-state index is 0.124. The highest BCUT2D eigenvalue weighted by Crippen LogP contribution is 2.23. The molecule has 1 aliphatic carbocycles. The maximum Gasteiger partial charge on any atom is 0.222 e. The Morgan fingerprint density at radius 1 is 1.50 bits per heavy atom. The topological polar surface area (TPSA) is 49.3 Å². The van der Waals surface area contributed by atoms with Crippen molar-refractivity contribution in [2.45, 2.75) is 58.5 Å². The fourth-order valence-corrected chi connectivity index (χ4v) is 2.43. The summed E-state index contributed by atoms with van der Waals surface area (Å²) in [7, 11) is 0. The molecule has 1 amide bonds. The highest BCUT2D eigenvalue weighted by Gasteiger charge is 2.21. The fraction of sp³-hybridized carbons (Fsp3) is 0.923. The Morgan fingerprint density at radius 2 is 2.25 bits per heavy atom. The van der Waals surface area contributed by atoms with Gasteiger partial charge in [-0.25, -0.2) is 0 Å². The summed E-state index contributed by atoms with van der Waals surface area (Å²) in [4.78, 5) is 11.7. The normalized spacial score (nSPS) is 27.4. The number of rotatable bonds is 5. The van der Waals surface area contributed by atoms with Gasteiger partial charge in [-0.05, 0) is 31.6 Å². The van der Waals surface area contributed by atoms with Crippen LogP contribution in [0.4, 0.5) is 0 Å². The van der Waals surface area contributed by atoms with E-state index in [1.54, 1.807) is 0 Å². The highest BCUT2D eigenvalue weighted by atomic mass is 16.3. The molecule has 3 heteroatoms. The first kappa shape index (κ1) is 13.5. The molecule has 3 atom stereocenters. The molecule has 0 spiro atoms. The van der Waals surface area contributed by atoms with Gasteiger partial charge in [-0.1, -0.05) is 26.7 Å². The fourth-order valence-electron chi connectivity index (χ4n) is 2.43. The SMILES string of the molecule is CCCC(C)C(=O)NCC1CCCC(O)C1. The third-order valence-corrected chi connectivity index (χ3v) is 3.49. The van der Waals surface area contributed by atoms with E-state index in [4.69, 9.17) is 0 Å². The lowest BCUT2D eigenvalue weighted by molar-refractivity contribution is -0.125. The van der Waals surface area contributed by atoms with Crippen molar-refractivity contribution in [3.63, 3.8) is 0 Å². The molecule has 1 saturated carbocycles. The van der Waals surface area contributed by atoms with Gasteiger partial charge >= 0.3 is 0 Å². The molecule has 0 heterocycles. The first-order valence-corrected chi connectivity index (χ1v) is 6.59. The second kappa shape index (κ2) is 6.89. The van der Waals surface area contributed by atoms with Crippen LogP contribution in [0.2, 0.25) is 0 Å². The van der Waals surface area contributed by atoms with E-state index in [0.717, 1.165) is 45.1 Å². The van der Waals surface area contributed by atoms with Crippen LogP contribution in [0.5, 0.6) is 0 Å². The third kappa shape index (κ3) is 4.52. The lowest BCUT2D eigenvalue weighted by Gasteiger charge is -2.26. The summed E-state index contributed by atoms with van der Waals surface area (Å²) in [6.45, 7) is 4.82. The molecule has 3 nitrogen and oxygen atoms in total. The molecule has 2 N–H and O–H groups in total. The van der Waals surface area contributed by atoms with Crippen molar-refractivity contribution < 1.29 is 9.90 Å². The number of aliphatic hydroxyl groups is 1. The summed E-state index contributed by atoms with van der Waals surface area (Å²) in [5.74, 6) is 0.766. The Bertz CT molecular complexity index is 218. The monoisotopic (exact) mass is 227 g/mol. The zero-order valence-corrected chi connectivity index (χ0v) is 10.5. The quantitative estimate of drug-likeness (QED) is 0.755. The molecule has 0 saturated heterocycles. The molecule has 1 rings (SSSR count). The Hall–Kier alpha value is -0.570. The van der Waals surface area contributed by atoms with Crippen LogP contribution in [-0.4, -0.2) is 23.7 Å². The molecular weight excluding hydrogens is 202 g/mol. The number of carbonyl (C=O) groups is 1. The summed E-state index contributed by atoms with van der Waals surface area (Å²) in [6, 6.07) is 0. The van der Waals surface area contributed by atoms with Crippen LogP contribution >= 0.6 is 0 Å². The first-order chi connectivity index (χ1) is 7.63. The van der Waals surface area contributed by atoms with Crippen LogP contribution in [0, 0.1) is 11.8 Å². The Morgan fingerprint density at radius 3 is 2.88 bits per heavy atom. The smallest absolute Gasteiger partial charge is 0.222 e. The molecule has 0 aromatic carbocycles. The molecule has 0 radical (unpaired) electrons. The van der Waals surface area contributed by atoms with Crippen LogP contribution < -0.4 is 5.32 Å². The van der Waals surface area contributed by atoms with Gasteiger partial charge in [-0.15, -0.1) is 0 Å². The molecule has 16 heavy (non-hydrogen) atoms. The van der Waals surface area contributed by atoms with Gasteiger partial charge in [0.15, 0.2) is 0 Å². The molecule has 0 bridgehead atoms. The van der Waals surface area contributed by atoms with Gasteiger partial charge in [0.25, 0.3) is 0 Å². The second-order valence-electron chi connectivity index (χ2n) is 5.12. The average molecular weight is 227 g/mol. The number of hydrogen-bond donors (Lipinski definition) is 2. The third-order valence-electron chi connectivity index (χ3n) is 3.49. The molecule has 3 unspecified atom stereocenters. The predicted octanol–water partition coefficient (Wildman–Crippen LogP) is 2.09. The van der Waals surface area contributed by atoms with Gasteiger partial charge in [0, 0.05) is 12.5 Å². The molecule has 0 aliphatic heterocycles. The Kier molecular flexibility index (Phi) is 5.81. The van der Waals surface area contributed by atoms with E-state index in [2.05, 4.69) is 12.2 Å². The van der Waals surface area contributed by atoms with Gasteiger partial charge in [0.1, 0.15) is 0 Å². The van der Waals surface area contributed by atoms with Crippen molar-refractivity contribution in [3.8, 4) is 0 Å². The molecular formula is C13H25NO2. The molecule has 0 aromatic rings. The lowest BCUT2D eigenvalue weighted by Crippen LogP contribution is -2.35. The summed E-state index contributed by atoms with van der Waals surface area (Å²) >= 11 is 0. The number of amides is 1. The number of carbonyl (C=O) groups excluding carboxylic acids is 1. The maximum atomic E-state index is 11.7. The lowest BCUT2D eigenvalue weighted by atomic mass is 9.87. The minimum atomic E-state index is -0.149. The van der Waals surface area contributed by atoms with Crippen molar-refractivity contribution in [1.82, 2.24) is 5.32 Å². The average Bonchev–Trinajstić information content (AvgIpc) is 2.26. The molecule has 1 aliphatic rings. The standard InChI is InChI=1S/C13H25NO2/c1-3-5-10(2)13(16)14-9-11-6-4-7-12(15)8-11/h10-12,15H,3-9H2,1-2H3,(H,14,16). The van der Waals surface area contributed by atoms with Crippen molar-refractivity contribution in [2.75, 3.05) is 6.54 Å². The minimum Gasteiger partial charge on any atom is -0.393 e. The van der Waals surface area contributed by atoms with Crippen molar-refractivity contribution in [2.24, 2.45) is 11.8 Å². The van der Waals surface area contributed by atoms with Crippen molar-refractivity contribution >= 4 is 5.91 Å². The molecule has 0 aromatic heterocycles. The van der Waals surface area contributed by atoms with E-state index in [9.17, 15) is 9.90 Å². The Labute approximate surface area is 98.6 Å². The van der Waals surface area contributed by atoms with E-state index in [1.165, 1.54) is 0 Å². The van der Waals surface area contributed by atoms with E-state index in [0.29, 0.717) is 5.92 Å². The van der Waals surface area contributed by atoms with Crippen LogP contribution in [-0.2, 0) is 4.79 Å². The van der Waals surface area contributed by atoms with Crippen LogP contribution in [0.1, 0.15) is 52.4 Å². The maximum absolute atomic E-state index is 11.7. The summed E-state index contributed by atoms with van der Waals surface area (Å²) in [5.41, 5.74) is 0. The Balaban J connectivity index is 2.20. The van der Waals surface area contributed by atoms with Crippen molar-refractivity contribution in [1.29, 1.82) is 0 Å². The number of nitrogens with one attached hydrogen (secondary N) is 1. The predicted molar refractivity (Wildman–Crippen MR) is 65.0 cm³/mol. The zero-order chi connectivity index (χ0) is 12.0. The van der Waals surface area contributed by atoms with E-state index >= 15 is 0 Å². The van der Waals surface area contributed by atoms with Gasteiger partial charge in [0.05, 0.1) is 6.10 Å². The number of hydrogen-bond acceptors (Lipinski definition) is 2. The summed E-state index contributed by atoms with van der Waals surface area (Å²) < 4.78 is 0. The zero-order valence-electron chi connectivity index (χ0n) is 10.5. The van der Waals surface area contributed by atoms with Crippen LogP contribution in [0.3, 0.4) is 0 Å². The van der Waals surface area contributed by atoms with E-state index < -0.39 is 0 Å². The largest absolute Gasteiger partial charge is 0.393 e. The van der Waals surface area contributed by atoms with Gasteiger partial charge < -0.3 is 10.4 Å². The molecule has 1 fully saturated rings. The number of aliphatic hydroxyl groups excluding tert-OH is 1. The summed E-state index contributed by atoms with van der Waals surface area (Å²) in [5, 5.41) is 12.5.